The molecule has 0 bridgehead atoms. The van der Waals surface area contributed by atoms with Crippen molar-refractivity contribution in [1.29, 1.82) is 0 Å². The molecule has 0 saturated carbocycles. The van der Waals surface area contributed by atoms with Gasteiger partial charge >= 0.3 is 0 Å². The average Bonchev–Trinajstić information content (AvgIpc) is 2.89. The minimum atomic E-state index is 0.356. The molecule has 1 N–H and O–H groups in total. The molecule has 4 heteroatoms. The van der Waals surface area contributed by atoms with Crippen LogP contribution in [0.15, 0.2) is 29.8 Å². The normalized spacial score (nSPS) is 10.3. The molecule has 114 valence electrons. The zero-order chi connectivity index (χ0) is 15.4. The maximum Gasteiger partial charge on any atom is 0.0812 e. The van der Waals surface area contributed by atoms with E-state index in [-0.39, 0.29) is 0 Å². The van der Waals surface area contributed by atoms with Gasteiger partial charge in [-0.25, -0.2) is 4.98 Å². The largest absolute Gasteiger partial charge is 0.264 e. The molecule has 20 heavy (non-hydrogen) atoms. The van der Waals surface area contributed by atoms with Crippen LogP contribution in [0.3, 0.4) is 0 Å². The topological polar surface area (TPSA) is 24.9 Å². The van der Waals surface area contributed by atoms with Crippen molar-refractivity contribution < 1.29 is 0 Å². The van der Waals surface area contributed by atoms with Gasteiger partial charge in [0.2, 0.25) is 0 Å². The Balaban J connectivity index is 0.000000321. The van der Waals surface area contributed by atoms with Crippen molar-refractivity contribution in [1.82, 2.24) is 9.71 Å². The third-order valence-electron chi connectivity index (χ3n) is 1.97. The van der Waals surface area contributed by atoms with Crippen molar-refractivity contribution in [3.8, 4) is 0 Å². The monoisotopic (exact) mass is 312 g/mol. The summed E-state index contributed by atoms with van der Waals surface area (Å²) in [7, 11) is 0. The van der Waals surface area contributed by atoms with Crippen LogP contribution in [0.1, 0.15) is 48.0 Å². The van der Waals surface area contributed by atoms with Crippen LogP contribution >= 0.6 is 23.3 Å². The summed E-state index contributed by atoms with van der Waals surface area (Å²) in [5.74, 6) is 0. The first-order chi connectivity index (χ1) is 9.53. The highest BCUT2D eigenvalue weighted by Crippen LogP contribution is 2.18. The van der Waals surface area contributed by atoms with E-state index in [9.17, 15) is 0 Å². The lowest BCUT2D eigenvalue weighted by Gasteiger charge is -2.16. The zero-order valence-corrected chi connectivity index (χ0v) is 15.2. The molecular formula is C16H28N2S2. The summed E-state index contributed by atoms with van der Waals surface area (Å²) in [5, 5.41) is 0. The number of nitrogens with zero attached hydrogens (tertiary/aromatic N) is 1. The van der Waals surface area contributed by atoms with Crippen LogP contribution < -0.4 is 4.72 Å². The number of nitrogens with one attached hydrogen (secondary N) is 1. The molecule has 0 spiro atoms. The van der Waals surface area contributed by atoms with E-state index in [0.717, 1.165) is 12.1 Å². The van der Waals surface area contributed by atoms with Crippen LogP contribution in [-0.2, 0) is 0 Å². The molecule has 0 aliphatic carbocycles. The number of para-hydroxylation sites is 1. The number of benzene rings is 1. The summed E-state index contributed by atoms with van der Waals surface area (Å²) in [6.07, 6.45) is 1.21. The summed E-state index contributed by atoms with van der Waals surface area (Å²) in [6.45, 7) is 13.9. The second-order valence-corrected chi connectivity index (χ2v) is 7.53. The molecule has 2 nitrogen and oxygen atoms in total. The standard InChI is InChI=1S/C7H5NS.C7H17NS.C2H6/c1-2-4-7-6(3-1)8-5-9-7;1-5-6-8-9-7(2,3)4;1-2/h1-5H;8H,5-6H2,1-4H3;1-2H3. The fraction of sp³-hybridized carbons (Fsp3) is 0.562. The smallest absolute Gasteiger partial charge is 0.0812 e. The first-order valence-electron chi connectivity index (χ1n) is 7.22. The number of hydrogen-bond acceptors (Lipinski definition) is 4. The first-order valence-corrected chi connectivity index (χ1v) is 8.91. The summed E-state index contributed by atoms with van der Waals surface area (Å²) >= 11 is 3.48. The SMILES string of the molecule is CC.CCCNSC(C)(C)C.c1ccc2scnc2c1. The molecule has 0 radical (unpaired) electrons. The van der Waals surface area contributed by atoms with Gasteiger partial charge in [0.1, 0.15) is 0 Å². The van der Waals surface area contributed by atoms with E-state index in [2.05, 4.69) is 43.5 Å². The number of hydrogen-bond donors (Lipinski definition) is 1. The summed E-state index contributed by atoms with van der Waals surface area (Å²) in [4.78, 5) is 4.14. The molecule has 2 rings (SSSR count). The third kappa shape index (κ3) is 9.34. The second-order valence-electron chi connectivity index (χ2n) is 4.93. The van der Waals surface area contributed by atoms with Gasteiger partial charge in [-0.15, -0.1) is 11.3 Å². The van der Waals surface area contributed by atoms with Crippen LogP contribution in [0.5, 0.6) is 0 Å². The molecule has 1 aromatic carbocycles. The van der Waals surface area contributed by atoms with Gasteiger partial charge in [-0.1, -0.05) is 44.9 Å². The zero-order valence-electron chi connectivity index (χ0n) is 13.6. The highest BCUT2D eigenvalue weighted by Gasteiger charge is 2.08. The van der Waals surface area contributed by atoms with E-state index < -0.39 is 0 Å². The lowest BCUT2D eigenvalue weighted by Crippen LogP contribution is -2.17. The van der Waals surface area contributed by atoms with Crippen LogP contribution in [0.2, 0.25) is 0 Å². The van der Waals surface area contributed by atoms with Crippen molar-refractivity contribution >= 4 is 33.5 Å². The Hall–Kier alpha value is -0.580. The van der Waals surface area contributed by atoms with Gasteiger partial charge in [-0.2, -0.15) is 0 Å². The maximum atomic E-state index is 4.14. The van der Waals surface area contributed by atoms with Crippen molar-refractivity contribution in [3.05, 3.63) is 29.8 Å². The quantitative estimate of drug-likeness (QED) is 0.576. The lowest BCUT2D eigenvalue weighted by molar-refractivity contribution is 0.781. The van der Waals surface area contributed by atoms with Gasteiger partial charge in [-0.05, 0) is 39.3 Å². The molecular weight excluding hydrogens is 284 g/mol. The minimum Gasteiger partial charge on any atom is -0.264 e. The number of aromatic nitrogens is 1. The highest BCUT2D eigenvalue weighted by molar-refractivity contribution is 7.98. The van der Waals surface area contributed by atoms with Gasteiger partial charge in [0.15, 0.2) is 0 Å². The molecule has 0 aliphatic heterocycles. The van der Waals surface area contributed by atoms with Crippen molar-refractivity contribution in [2.45, 2.75) is 52.7 Å². The molecule has 0 amide bonds. The van der Waals surface area contributed by atoms with E-state index in [0.29, 0.717) is 4.75 Å². The third-order valence-corrected chi connectivity index (χ3v) is 3.74. The molecule has 0 unspecified atom stereocenters. The van der Waals surface area contributed by atoms with Crippen molar-refractivity contribution in [3.63, 3.8) is 0 Å². The van der Waals surface area contributed by atoms with E-state index in [1.165, 1.54) is 11.1 Å². The van der Waals surface area contributed by atoms with Gasteiger partial charge in [0, 0.05) is 11.3 Å². The Morgan fingerprint density at radius 2 is 1.85 bits per heavy atom. The summed E-state index contributed by atoms with van der Waals surface area (Å²) in [6, 6.07) is 8.13. The molecule has 0 aliphatic rings. The maximum absolute atomic E-state index is 4.14. The first kappa shape index (κ1) is 19.4. The van der Waals surface area contributed by atoms with E-state index >= 15 is 0 Å². The molecule has 2 aromatic rings. The Morgan fingerprint density at radius 3 is 2.40 bits per heavy atom. The van der Waals surface area contributed by atoms with E-state index in [1.54, 1.807) is 11.3 Å². The van der Waals surface area contributed by atoms with E-state index in [4.69, 9.17) is 0 Å². The second kappa shape index (κ2) is 11.1. The van der Waals surface area contributed by atoms with Crippen LogP contribution in [0.25, 0.3) is 10.2 Å². The van der Waals surface area contributed by atoms with Crippen LogP contribution in [0.4, 0.5) is 0 Å². The average molecular weight is 313 g/mol. The Kier molecular flexibility index (Phi) is 10.8. The fourth-order valence-corrected chi connectivity index (χ4v) is 2.59. The minimum absolute atomic E-state index is 0.356. The van der Waals surface area contributed by atoms with Crippen molar-refractivity contribution in [2.24, 2.45) is 0 Å². The summed E-state index contributed by atoms with van der Waals surface area (Å²) in [5.41, 5.74) is 2.97. The predicted molar refractivity (Wildman–Crippen MR) is 96.6 cm³/mol. The number of rotatable bonds is 3. The Morgan fingerprint density at radius 1 is 1.20 bits per heavy atom. The predicted octanol–water partition coefficient (Wildman–Crippen LogP) is 5.76. The molecule has 0 atom stereocenters. The van der Waals surface area contributed by atoms with Crippen LogP contribution in [0, 0.1) is 0 Å². The van der Waals surface area contributed by atoms with Crippen LogP contribution in [-0.4, -0.2) is 16.3 Å². The van der Waals surface area contributed by atoms with Gasteiger partial charge in [-0.3, -0.25) is 4.72 Å². The highest BCUT2D eigenvalue weighted by atomic mass is 32.2. The van der Waals surface area contributed by atoms with E-state index in [1.807, 2.05) is 49.5 Å². The Bertz CT molecular complexity index is 417. The molecule has 0 fully saturated rings. The molecule has 1 heterocycles. The van der Waals surface area contributed by atoms with Gasteiger partial charge in [0.05, 0.1) is 15.7 Å². The number of thiazole rings is 1. The number of fused-ring (bicyclic) bond motifs is 1. The molecule has 0 saturated heterocycles. The van der Waals surface area contributed by atoms with Crippen molar-refractivity contribution in [2.75, 3.05) is 6.54 Å². The van der Waals surface area contributed by atoms with Gasteiger partial charge < -0.3 is 0 Å². The summed E-state index contributed by atoms with van der Waals surface area (Å²) < 4.78 is 4.91. The van der Waals surface area contributed by atoms with Gasteiger partial charge in [0.25, 0.3) is 0 Å². The molecule has 1 aromatic heterocycles. The lowest BCUT2D eigenvalue weighted by atomic mass is 10.3. The fourth-order valence-electron chi connectivity index (χ4n) is 1.17. The Labute approximate surface area is 132 Å².